The Labute approximate surface area is 82.1 Å². The van der Waals surface area contributed by atoms with E-state index in [-0.39, 0.29) is 17.5 Å². The van der Waals surface area contributed by atoms with Crippen molar-refractivity contribution in [1.29, 1.82) is 0 Å². The van der Waals surface area contributed by atoms with Gasteiger partial charge in [-0.15, -0.1) is 0 Å². The van der Waals surface area contributed by atoms with Crippen LogP contribution >= 0.6 is 0 Å². The molecule has 0 aromatic carbocycles. The molecule has 0 aliphatic carbocycles. The fourth-order valence-corrected chi connectivity index (χ4v) is 1.07. The number of carbonyl (C=O) groups is 1. The molecule has 0 spiro atoms. The van der Waals surface area contributed by atoms with E-state index in [1.54, 1.807) is 6.07 Å². The molecule has 0 atom stereocenters. The predicted molar refractivity (Wildman–Crippen MR) is 53.1 cm³/mol. The van der Waals surface area contributed by atoms with Crippen LogP contribution in [-0.4, -0.2) is 22.4 Å². The zero-order chi connectivity index (χ0) is 10.7. The maximum atomic E-state index is 10.7. The van der Waals surface area contributed by atoms with Crippen LogP contribution in [-0.2, 0) is 0 Å². The molecule has 76 valence electrons. The fraction of sp³-hybridized carbons (Fsp3) is 0.333. The lowest BCUT2D eigenvalue weighted by Gasteiger charge is -2.24. The number of nitrogens with zero attached hydrogens (tertiary/aromatic N) is 2. The van der Waals surface area contributed by atoms with Gasteiger partial charge in [-0.2, -0.15) is 0 Å². The summed E-state index contributed by atoms with van der Waals surface area (Å²) in [5, 5.41) is 10.7. The predicted octanol–water partition coefficient (Wildman–Crippen LogP) is 0.688. The number of hydrogen-bond donors (Lipinski definition) is 2. The number of carbonyl (C=O) groups excluding carboxylic acids is 1. The number of nitrogens with two attached hydrogens (primary N) is 1. The summed E-state index contributed by atoms with van der Waals surface area (Å²) in [6.45, 7) is 3.76. The highest BCUT2D eigenvalue weighted by atomic mass is 16.3. The molecule has 5 nitrogen and oxygen atoms in total. The number of hydrogen-bond acceptors (Lipinski definition) is 5. The molecule has 0 saturated heterocycles. The molecule has 1 aromatic rings. The zero-order valence-corrected chi connectivity index (χ0v) is 8.14. The van der Waals surface area contributed by atoms with E-state index in [9.17, 15) is 9.90 Å². The first kappa shape index (κ1) is 10.5. The number of aromatic nitrogens is 1. The van der Waals surface area contributed by atoms with Crippen LogP contribution in [0.1, 0.15) is 24.2 Å². The van der Waals surface area contributed by atoms with Crippen molar-refractivity contribution in [2.75, 3.05) is 5.01 Å². The molecule has 0 aliphatic heterocycles. The Bertz CT molecular complexity index is 339. The van der Waals surface area contributed by atoms with Crippen LogP contribution in [0, 0.1) is 0 Å². The topological polar surface area (TPSA) is 79.4 Å². The normalized spacial score (nSPS) is 10.3. The quantitative estimate of drug-likeness (QED) is 0.421. The molecular formula is C9H13N3O2. The summed E-state index contributed by atoms with van der Waals surface area (Å²) < 4.78 is 0. The minimum atomic E-state index is -0.298. The molecule has 3 N–H and O–H groups in total. The van der Waals surface area contributed by atoms with E-state index in [2.05, 4.69) is 4.98 Å². The summed E-state index contributed by atoms with van der Waals surface area (Å²) in [6, 6.07) is 1.62. The summed E-state index contributed by atoms with van der Waals surface area (Å²) in [5.41, 5.74) is 0.589. The van der Waals surface area contributed by atoms with Crippen LogP contribution in [0.3, 0.4) is 0 Å². The second kappa shape index (κ2) is 4.06. The summed E-state index contributed by atoms with van der Waals surface area (Å²) in [5.74, 6) is 5.42. The van der Waals surface area contributed by atoms with Crippen LogP contribution in [0.25, 0.3) is 0 Å². The number of hydrazine groups is 1. The van der Waals surface area contributed by atoms with Gasteiger partial charge in [0.05, 0.1) is 5.69 Å². The molecule has 14 heavy (non-hydrogen) atoms. The Kier molecular flexibility index (Phi) is 3.03. The summed E-state index contributed by atoms with van der Waals surface area (Å²) in [6.07, 6.45) is 1.94. The van der Waals surface area contributed by atoms with E-state index < -0.39 is 0 Å². The Balaban J connectivity index is 3.20. The molecular weight excluding hydrogens is 182 g/mol. The fourth-order valence-electron chi connectivity index (χ4n) is 1.07. The third kappa shape index (κ3) is 1.82. The average molecular weight is 195 g/mol. The van der Waals surface area contributed by atoms with Crippen molar-refractivity contribution in [3.8, 4) is 5.88 Å². The highest BCUT2D eigenvalue weighted by Crippen LogP contribution is 2.23. The summed E-state index contributed by atoms with van der Waals surface area (Å²) in [7, 11) is 0. The Morgan fingerprint density at radius 2 is 2.29 bits per heavy atom. The van der Waals surface area contributed by atoms with Gasteiger partial charge < -0.3 is 10.1 Å². The van der Waals surface area contributed by atoms with E-state index >= 15 is 0 Å². The maximum Gasteiger partial charge on any atom is 0.223 e. The van der Waals surface area contributed by atoms with Gasteiger partial charge in [0.25, 0.3) is 0 Å². The van der Waals surface area contributed by atoms with Crippen molar-refractivity contribution in [2.45, 2.75) is 19.9 Å². The zero-order valence-electron chi connectivity index (χ0n) is 8.14. The molecule has 1 rings (SSSR count). The van der Waals surface area contributed by atoms with Gasteiger partial charge in [-0.3, -0.25) is 4.79 Å². The van der Waals surface area contributed by atoms with Crippen LogP contribution < -0.4 is 10.9 Å². The molecule has 0 amide bonds. The van der Waals surface area contributed by atoms with Crippen molar-refractivity contribution in [1.82, 2.24) is 4.98 Å². The van der Waals surface area contributed by atoms with E-state index in [1.807, 2.05) is 13.8 Å². The Morgan fingerprint density at radius 1 is 1.64 bits per heavy atom. The van der Waals surface area contributed by atoms with Crippen LogP contribution in [0.2, 0.25) is 0 Å². The molecule has 0 fully saturated rings. The van der Waals surface area contributed by atoms with Crippen molar-refractivity contribution >= 4 is 12.0 Å². The number of rotatable bonds is 3. The lowest BCUT2D eigenvalue weighted by atomic mass is 10.2. The third-order valence-electron chi connectivity index (χ3n) is 1.90. The number of aromatic hydroxyl groups is 1. The van der Waals surface area contributed by atoms with Gasteiger partial charge in [0, 0.05) is 12.2 Å². The standard InChI is InChI=1S/C9H13N3O2/c1-6(2)12(10)8-3-4-11-9(14)7(8)5-13/h3-6H,10H2,1-2H3,(H,11,14). The van der Waals surface area contributed by atoms with E-state index in [4.69, 9.17) is 5.84 Å². The first-order valence-corrected chi connectivity index (χ1v) is 4.25. The van der Waals surface area contributed by atoms with Crippen molar-refractivity contribution in [2.24, 2.45) is 5.84 Å². The van der Waals surface area contributed by atoms with E-state index in [0.29, 0.717) is 12.0 Å². The van der Waals surface area contributed by atoms with E-state index in [1.165, 1.54) is 11.2 Å². The van der Waals surface area contributed by atoms with Crippen LogP contribution in [0.15, 0.2) is 12.3 Å². The molecule has 1 heterocycles. The molecule has 0 radical (unpaired) electrons. The summed E-state index contributed by atoms with van der Waals surface area (Å²) in [4.78, 5) is 14.3. The van der Waals surface area contributed by atoms with Gasteiger partial charge in [0.2, 0.25) is 5.88 Å². The van der Waals surface area contributed by atoms with Crippen molar-refractivity contribution in [3.63, 3.8) is 0 Å². The highest BCUT2D eigenvalue weighted by Gasteiger charge is 2.14. The Hall–Kier alpha value is -1.62. The lowest BCUT2D eigenvalue weighted by Crippen LogP contribution is -2.38. The van der Waals surface area contributed by atoms with E-state index in [0.717, 1.165) is 0 Å². The molecule has 0 unspecified atom stereocenters. The number of anilines is 1. The monoisotopic (exact) mass is 195 g/mol. The minimum Gasteiger partial charge on any atom is -0.493 e. The molecule has 0 aliphatic rings. The smallest absolute Gasteiger partial charge is 0.223 e. The molecule has 0 saturated carbocycles. The van der Waals surface area contributed by atoms with Crippen LogP contribution in [0.4, 0.5) is 5.69 Å². The number of aldehydes is 1. The van der Waals surface area contributed by atoms with Gasteiger partial charge in [0.15, 0.2) is 6.29 Å². The minimum absolute atomic E-state index is 0.0375. The highest BCUT2D eigenvalue weighted by molar-refractivity contribution is 5.87. The van der Waals surface area contributed by atoms with Gasteiger partial charge in [-0.1, -0.05) is 0 Å². The number of pyridine rings is 1. The Morgan fingerprint density at radius 3 is 2.79 bits per heavy atom. The first-order valence-electron chi connectivity index (χ1n) is 4.25. The third-order valence-corrected chi connectivity index (χ3v) is 1.90. The lowest BCUT2D eigenvalue weighted by molar-refractivity contribution is 0.112. The second-order valence-electron chi connectivity index (χ2n) is 3.19. The van der Waals surface area contributed by atoms with Gasteiger partial charge in [0.1, 0.15) is 5.56 Å². The molecule has 0 bridgehead atoms. The van der Waals surface area contributed by atoms with Crippen molar-refractivity contribution in [3.05, 3.63) is 17.8 Å². The second-order valence-corrected chi connectivity index (χ2v) is 3.19. The van der Waals surface area contributed by atoms with Crippen LogP contribution in [0.5, 0.6) is 5.88 Å². The first-order chi connectivity index (χ1) is 6.57. The average Bonchev–Trinajstić information content (AvgIpc) is 2.16. The largest absolute Gasteiger partial charge is 0.493 e. The SMILES string of the molecule is CC(C)N(N)c1ccnc(O)c1C=O. The molecule has 5 heteroatoms. The van der Waals surface area contributed by atoms with Crippen molar-refractivity contribution < 1.29 is 9.90 Å². The maximum absolute atomic E-state index is 10.7. The van der Waals surface area contributed by atoms with Gasteiger partial charge in [-0.25, -0.2) is 10.8 Å². The van der Waals surface area contributed by atoms with Gasteiger partial charge in [-0.05, 0) is 19.9 Å². The van der Waals surface area contributed by atoms with Gasteiger partial charge >= 0.3 is 0 Å². The molecule has 1 aromatic heterocycles. The summed E-state index contributed by atoms with van der Waals surface area (Å²) >= 11 is 0.